The number of fused-ring (bicyclic) bond motifs is 1. The first-order chi connectivity index (χ1) is 13.1. The molecule has 0 fully saturated rings. The molecule has 0 aliphatic carbocycles. The van der Waals surface area contributed by atoms with Crippen LogP contribution in [0.15, 0.2) is 65.4 Å². The molecule has 4 nitrogen and oxygen atoms in total. The van der Waals surface area contributed by atoms with E-state index >= 15 is 0 Å². The highest BCUT2D eigenvalue weighted by Crippen LogP contribution is 2.30. The van der Waals surface area contributed by atoms with E-state index in [0.29, 0.717) is 21.6 Å². The van der Waals surface area contributed by atoms with Crippen molar-refractivity contribution in [1.29, 1.82) is 0 Å². The number of nitrogens with zero attached hydrogens (tertiary/aromatic N) is 3. The van der Waals surface area contributed by atoms with E-state index < -0.39 is 0 Å². The number of pyridine rings is 1. The molecule has 4 aromatic rings. The predicted octanol–water partition coefficient (Wildman–Crippen LogP) is 6.27. The lowest BCUT2D eigenvalue weighted by molar-refractivity contribution is 0.618. The van der Waals surface area contributed by atoms with Gasteiger partial charge in [0.15, 0.2) is 5.82 Å². The van der Waals surface area contributed by atoms with Gasteiger partial charge in [-0.25, -0.2) is 14.4 Å². The molecular weight excluding hydrogens is 522 g/mol. The maximum Gasteiger partial charge on any atom is 0.163 e. The first kappa shape index (κ1) is 18.2. The van der Waals surface area contributed by atoms with Crippen LogP contribution in [-0.4, -0.2) is 15.0 Å². The fourth-order valence-corrected chi connectivity index (χ4v) is 3.66. The summed E-state index contributed by atoms with van der Waals surface area (Å²) in [6.45, 7) is 0. The van der Waals surface area contributed by atoms with Crippen molar-refractivity contribution in [2.45, 2.75) is 4.43 Å². The van der Waals surface area contributed by atoms with E-state index in [-0.39, 0.29) is 5.82 Å². The van der Waals surface area contributed by atoms with Gasteiger partial charge in [-0.05, 0) is 54.1 Å². The standard InChI is InChI=1S/C20H13BrFIN4/c21-14-3-6-18-16(9-14)20(25-15-4-5-17(22)13(8-15)10-23)27-19(26-18)12-2-1-7-24-11-12/h1-9,11H,10H2,(H,25,26,27). The molecule has 0 bridgehead atoms. The molecule has 0 aliphatic heterocycles. The van der Waals surface area contributed by atoms with E-state index in [4.69, 9.17) is 4.98 Å². The molecule has 134 valence electrons. The maximum absolute atomic E-state index is 13.8. The summed E-state index contributed by atoms with van der Waals surface area (Å²) in [4.78, 5) is 13.5. The molecule has 1 N–H and O–H groups in total. The Morgan fingerprint density at radius 1 is 1.07 bits per heavy atom. The van der Waals surface area contributed by atoms with Crippen molar-refractivity contribution in [3.05, 3.63) is 76.8 Å². The van der Waals surface area contributed by atoms with Gasteiger partial charge in [0.1, 0.15) is 11.6 Å². The van der Waals surface area contributed by atoms with Crippen LogP contribution in [0, 0.1) is 5.82 Å². The molecule has 27 heavy (non-hydrogen) atoms. The fourth-order valence-electron chi connectivity index (χ4n) is 2.71. The zero-order valence-corrected chi connectivity index (χ0v) is 17.7. The zero-order valence-electron chi connectivity index (χ0n) is 14.0. The first-order valence-corrected chi connectivity index (χ1v) is 10.4. The Morgan fingerprint density at radius 3 is 2.74 bits per heavy atom. The number of rotatable bonds is 4. The van der Waals surface area contributed by atoms with Crippen LogP contribution in [0.5, 0.6) is 0 Å². The lowest BCUT2D eigenvalue weighted by Gasteiger charge is -2.12. The lowest BCUT2D eigenvalue weighted by atomic mass is 10.2. The number of aromatic nitrogens is 3. The Balaban J connectivity index is 1.86. The third-order valence-electron chi connectivity index (χ3n) is 4.03. The van der Waals surface area contributed by atoms with Crippen LogP contribution < -0.4 is 5.32 Å². The van der Waals surface area contributed by atoms with Gasteiger partial charge in [0.05, 0.1) is 5.52 Å². The van der Waals surface area contributed by atoms with Crippen LogP contribution in [0.25, 0.3) is 22.3 Å². The minimum absolute atomic E-state index is 0.207. The summed E-state index contributed by atoms with van der Waals surface area (Å²) in [5.74, 6) is 1.03. The Labute approximate surface area is 177 Å². The Bertz CT molecular complexity index is 1120. The van der Waals surface area contributed by atoms with Crippen molar-refractivity contribution in [2.24, 2.45) is 0 Å². The maximum atomic E-state index is 13.8. The molecule has 0 spiro atoms. The van der Waals surface area contributed by atoms with Crippen molar-refractivity contribution < 1.29 is 4.39 Å². The summed E-state index contributed by atoms with van der Waals surface area (Å²) in [5, 5.41) is 4.20. The van der Waals surface area contributed by atoms with Crippen LogP contribution in [0.3, 0.4) is 0 Å². The van der Waals surface area contributed by atoms with E-state index in [2.05, 4.69) is 53.8 Å². The number of halogens is 3. The zero-order chi connectivity index (χ0) is 18.8. The van der Waals surface area contributed by atoms with Crippen LogP contribution in [-0.2, 0) is 4.43 Å². The van der Waals surface area contributed by atoms with Gasteiger partial charge in [-0.1, -0.05) is 38.5 Å². The van der Waals surface area contributed by atoms with Gasteiger partial charge in [0.2, 0.25) is 0 Å². The van der Waals surface area contributed by atoms with Gasteiger partial charge in [-0.15, -0.1) is 0 Å². The van der Waals surface area contributed by atoms with Gasteiger partial charge in [-0.3, -0.25) is 4.98 Å². The molecule has 0 saturated heterocycles. The highest BCUT2D eigenvalue weighted by Gasteiger charge is 2.11. The fraction of sp³-hybridized carbons (Fsp3) is 0.0500. The molecule has 0 radical (unpaired) electrons. The van der Waals surface area contributed by atoms with Crippen LogP contribution >= 0.6 is 38.5 Å². The molecule has 0 saturated carbocycles. The normalized spacial score (nSPS) is 10.9. The lowest BCUT2D eigenvalue weighted by Crippen LogP contribution is -2.00. The van der Waals surface area contributed by atoms with Gasteiger partial charge in [0, 0.05) is 37.9 Å². The van der Waals surface area contributed by atoms with Gasteiger partial charge < -0.3 is 5.32 Å². The molecule has 0 aliphatic rings. The second-order valence-electron chi connectivity index (χ2n) is 5.86. The number of alkyl halides is 1. The van der Waals surface area contributed by atoms with Crippen LogP contribution in [0.1, 0.15) is 5.56 Å². The second-order valence-corrected chi connectivity index (χ2v) is 7.54. The Kier molecular flexibility index (Phi) is 5.31. The van der Waals surface area contributed by atoms with Crippen molar-refractivity contribution in [1.82, 2.24) is 15.0 Å². The minimum Gasteiger partial charge on any atom is -0.340 e. The Hall–Kier alpha value is -2.13. The largest absolute Gasteiger partial charge is 0.340 e. The second kappa shape index (κ2) is 7.85. The van der Waals surface area contributed by atoms with Crippen LogP contribution in [0.4, 0.5) is 15.9 Å². The molecule has 2 aromatic carbocycles. The summed E-state index contributed by atoms with van der Waals surface area (Å²) >= 11 is 5.66. The average Bonchev–Trinajstić information content (AvgIpc) is 2.70. The number of anilines is 2. The number of hydrogen-bond acceptors (Lipinski definition) is 4. The summed E-state index contributed by atoms with van der Waals surface area (Å²) in [6, 6.07) is 14.6. The number of nitrogens with one attached hydrogen (secondary N) is 1. The van der Waals surface area contributed by atoms with Crippen molar-refractivity contribution in [2.75, 3.05) is 5.32 Å². The monoisotopic (exact) mass is 534 g/mol. The SMILES string of the molecule is Fc1ccc(Nc2nc(-c3cccnc3)nc3ccc(Br)cc23)cc1CI. The van der Waals surface area contributed by atoms with Crippen molar-refractivity contribution in [3.63, 3.8) is 0 Å². The van der Waals surface area contributed by atoms with Gasteiger partial charge >= 0.3 is 0 Å². The predicted molar refractivity (Wildman–Crippen MR) is 118 cm³/mol. The van der Waals surface area contributed by atoms with E-state index in [1.807, 2.05) is 30.3 Å². The quantitative estimate of drug-likeness (QED) is 0.247. The summed E-state index contributed by atoms with van der Waals surface area (Å²) in [7, 11) is 0. The van der Waals surface area contributed by atoms with E-state index in [9.17, 15) is 4.39 Å². The van der Waals surface area contributed by atoms with Crippen molar-refractivity contribution >= 4 is 60.9 Å². The van der Waals surface area contributed by atoms with Gasteiger partial charge in [0.25, 0.3) is 0 Å². The average molecular weight is 535 g/mol. The third-order valence-corrected chi connectivity index (χ3v) is 5.34. The molecular formula is C20H13BrFIN4. The highest BCUT2D eigenvalue weighted by atomic mass is 127. The first-order valence-electron chi connectivity index (χ1n) is 8.13. The van der Waals surface area contributed by atoms with E-state index in [1.165, 1.54) is 6.07 Å². The summed E-state index contributed by atoms with van der Waals surface area (Å²) in [5.41, 5.74) is 3.07. The van der Waals surface area contributed by atoms with Crippen LogP contribution in [0.2, 0.25) is 0 Å². The number of benzene rings is 2. The molecule has 7 heteroatoms. The van der Waals surface area contributed by atoms with E-state index in [0.717, 1.165) is 26.6 Å². The molecule has 4 rings (SSSR count). The number of hydrogen-bond donors (Lipinski definition) is 1. The molecule has 0 atom stereocenters. The topological polar surface area (TPSA) is 50.7 Å². The van der Waals surface area contributed by atoms with E-state index in [1.54, 1.807) is 24.5 Å². The third kappa shape index (κ3) is 3.93. The summed E-state index contributed by atoms with van der Waals surface area (Å²) in [6.07, 6.45) is 3.45. The molecule has 2 heterocycles. The highest BCUT2D eigenvalue weighted by molar-refractivity contribution is 14.1. The van der Waals surface area contributed by atoms with Crippen molar-refractivity contribution in [3.8, 4) is 11.4 Å². The van der Waals surface area contributed by atoms with Gasteiger partial charge in [-0.2, -0.15) is 0 Å². The molecule has 2 aromatic heterocycles. The summed E-state index contributed by atoms with van der Waals surface area (Å²) < 4.78 is 15.4. The molecule has 0 unspecified atom stereocenters. The molecule has 0 amide bonds. The minimum atomic E-state index is -0.207. The Morgan fingerprint density at radius 2 is 1.96 bits per heavy atom. The smallest absolute Gasteiger partial charge is 0.163 e.